The van der Waals surface area contributed by atoms with Crippen LogP contribution >= 0.6 is 11.6 Å². The molecule has 0 aliphatic heterocycles. The van der Waals surface area contributed by atoms with Gasteiger partial charge in [0.15, 0.2) is 0 Å². The number of rotatable bonds is 12. The van der Waals surface area contributed by atoms with E-state index in [4.69, 9.17) is 11.6 Å². The summed E-state index contributed by atoms with van der Waals surface area (Å²) in [7, 11) is -3.56. The summed E-state index contributed by atoms with van der Waals surface area (Å²) in [6.45, 7) is 4.64. The Bertz CT molecular complexity index is 1030. The van der Waals surface area contributed by atoms with Gasteiger partial charge >= 0.3 is 0 Å². The number of benzene rings is 2. The van der Waals surface area contributed by atoms with E-state index in [2.05, 4.69) is 5.32 Å². The number of halogens is 1. The van der Waals surface area contributed by atoms with Crippen LogP contribution in [0.4, 0.5) is 5.69 Å². The number of hydrogen-bond donors (Lipinski definition) is 1. The first-order chi connectivity index (χ1) is 15.6. The molecule has 0 saturated carbocycles. The van der Waals surface area contributed by atoms with E-state index >= 15 is 0 Å². The molecule has 33 heavy (non-hydrogen) atoms. The second-order valence-electron chi connectivity index (χ2n) is 7.89. The Hall–Kier alpha value is -2.58. The first kappa shape index (κ1) is 26.7. The number of hydrogen-bond acceptors (Lipinski definition) is 4. The van der Waals surface area contributed by atoms with E-state index in [-0.39, 0.29) is 24.8 Å². The summed E-state index contributed by atoms with van der Waals surface area (Å²) in [5.74, 6) is -0.421. The molecule has 0 unspecified atom stereocenters. The normalized spacial score (nSPS) is 12.1. The lowest BCUT2D eigenvalue weighted by Crippen LogP contribution is -2.47. The van der Waals surface area contributed by atoms with Gasteiger partial charge in [0, 0.05) is 31.1 Å². The van der Waals surface area contributed by atoms with E-state index in [0.29, 0.717) is 30.2 Å². The highest BCUT2D eigenvalue weighted by Gasteiger charge is 2.26. The first-order valence-electron chi connectivity index (χ1n) is 11.0. The molecule has 2 aromatic carbocycles. The first-order valence-corrected chi connectivity index (χ1v) is 13.2. The van der Waals surface area contributed by atoms with Crippen LogP contribution < -0.4 is 9.62 Å². The van der Waals surface area contributed by atoms with E-state index in [9.17, 15) is 18.0 Å². The summed E-state index contributed by atoms with van der Waals surface area (Å²) in [5, 5.41) is 3.27. The molecule has 0 bridgehead atoms. The van der Waals surface area contributed by atoms with Gasteiger partial charge in [0.05, 0.1) is 11.9 Å². The molecular weight excluding hydrogens is 462 g/mol. The lowest BCUT2D eigenvalue weighted by atomic mass is 10.1. The van der Waals surface area contributed by atoms with Crippen LogP contribution in [0.3, 0.4) is 0 Å². The number of sulfonamides is 1. The van der Waals surface area contributed by atoms with Crippen LogP contribution in [-0.4, -0.2) is 50.5 Å². The minimum Gasteiger partial charge on any atom is -0.354 e. The second kappa shape index (κ2) is 12.6. The Labute approximate surface area is 201 Å². The summed E-state index contributed by atoms with van der Waals surface area (Å²) >= 11 is 6.02. The molecule has 0 aliphatic rings. The Morgan fingerprint density at radius 3 is 2.39 bits per heavy atom. The predicted molar refractivity (Wildman–Crippen MR) is 133 cm³/mol. The van der Waals surface area contributed by atoms with E-state index in [1.54, 1.807) is 36.1 Å². The van der Waals surface area contributed by atoms with Crippen molar-refractivity contribution in [1.82, 2.24) is 10.2 Å². The Morgan fingerprint density at radius 2 is 1.79 bits per heavy atom. The fraction of sp³-hybridized carbons (Fsp3) is 0.417. The molecule has 0 spiro atoms. The minimum absolute atomic E-state index is 0.102. The number of nitrogens with zero attached hydrogens (tertiary/aromatic N) is 2. The molecule has 0 aromatic heterocycles. The van der Waals surface area contributed by atoms with E-state index in [0.717, 1.165) is 18.2 Å². The van der Waals surface area contributed by atoms with Gasteiger partial charge in [-0.05, 0) is 43.5 Å². The number of amides is 2. The van der Waals surface area contributed by atoms with Crippen LogP contribution in [0.2, 0.25) is 5.02 Å². The lowest BCUT2D eigenvalue weighted by molar-refractivity contribution is -0.140. The topological polar surface area (TPSA) is 86.8 Å². The molecule has 2 aromatic rings. The summed E-state index contributed by atoms with van der Waals surface area (Å²) in [6, 6.07) is 15.4. The van der Waals surface area contributed by atoms with E-state index in [1.807, 2.05) is 37.3 Å². The zero-order valence-electron chi connectivity index (χ0n) is 19.3. The van der Waals surface area contributed by atoms with Gasteiger partial charge in [-0.25, -0.2) is 8.42 Å². The third kappa shape index (κ3) is 8.37. The standard InChI is InChI=1S/C24H32ClN3O4S/c1-4-15-26-24(30)19(2)27(18-20-10-6-5-7-11-20)23(29)14-9-16-28(33(3,31)32)22-13-8-12-21(25)17-22/h5-8,10-13,17,19H,4,9,14-16,18H2,1-3H3,(H,26,30)/t19-/m0/s1. The molecule has 1 N–H and O–H groups in total. The molecule has 180 valence electrons. The average Bonchev–Trinajstić information content (AvgIpc) is 2.77. The molecule has 2 rings (SSSR count). The summed E-state index contributed by atoms with van der Waals surface area (Å²) < 4.78 is 25.9. The van der Waals surface area contributed by atoms with Crippen molar-refractivity contribution in [1.29, 1.82) is 0 Å². The van der Waals surface area contributed by atoms with Gasteiger partial charge in [0.1, 0.15) is 6.04 Å². The van der Waals surface area contributed by atoms with Crippen LogP contribution in [0, 0.1) is 0 Å². The number of carbonyl (C=O) groups is 2. The lowest BCUT2D eigenvalue weighted by Gasteiger charge is -2.29. The molecule has 0 saturated heterocycles. The largest absolute Gasteiger partial charge is 0.354 e. The monoisotopic (exact) mass is 493 g/mol. The Kier molecular flexibility index (Phi) is 10.2. The maximum absolute atomic E-state index is 13.1. The van der Waals surface area contributed by atoms with Crippen molar-refractivity contribution in [3.8, 4) is 0 Å². The summed E-state index contributed by atoms with van der Waals surface area (Å²) in [6.07, 6.45) is 2.32. The maximum atomic E-state index is 13.1. The minimum atomic E-state index is -3.56. The zero-order valence-corrected chi connectivity index (χ0v) is 20.9. The van der Waals surface area contributed by atoms with Crippen LogP contribution in [0.5, 0.6) is 0 Å². The fourth-order valence-corrected chi connectivity index (χ4v) is 4.54. The van der Waals surface area contributed by atoms with E-state index < -0.39 is 16.1 Å². The molecule has 2 amide bonds. The summed E-state index contributed by atoms with van der Waals surface area (Å²) in [5.41, 5.74) is 1.36. The molecule has 7 nitrogen and oxygen atoms in total. The number of carbonyl (C=O) groups excluding carboxylic acids is 2. The van der Waals surface area contributed by atoms with Gasteiger partial charge in [0.25, 0.3) is 0 Å². The predicted octanol–water partition coefficient (Wildman–Crippen LogP) is 3.83. The third-order valence-corrected chi connectivity index (χ3v) is 6.59. The molecule has 0 aliphatic carbocycles. The maximum Gasteiger partial charge on any atom is 0.242 e. The van der Waals surface area contributed by atoms with Crippen molar-refractivity contribution >= 4 is 39.1 Å². The van der Waals surface area contributed by atoms with Gasteiger partial charge < -0.3 is 10.2 Å². The fourth-order valence-electron chi connectivity index (χ4n) is 3.39. The van der Waals surface area contributed by atoms with E-state index in [1.165, 1.54) is 4.31 Å². The Morgan fingerprint density at radius 1 is 1.09 bits per heavy atom. The van der Waals surface area contributed by atoms with Crippen molar-refractivity contribution in [2.24, 2.45) is 0 Å². The molecule has 1 atom stereocenters. The van der Waals surface area contributed by atoms with Crippen molar-refractivity contribution in [2.45, 2.75) is 45.7 Å². The van der Waals surface area contributed by atoms with Gasteiger partial charge in [-0.1, -0.05) is 54.9 Å². The number of nitrogens with one attached hydrogen (secondary N) is 1. The highest BCUT2D eigenvalue weighted by molar-refractivity contribution is 7.92. The molecule has 0 heterocycles. The quantitative estimate of drug-likeness (QED) is 0.486. The van der Waals surface area contributed by atoms with Gasteiger partial charge in [-0.15, -0.1) is 0 Å². The molecule has 0 radical (unpaired) electrons. The average molecular weight is 494 g/mol. The highest BCUT2D eigenvalue weighted by Crippen LogP contribution is 2.22. The van der Waals surface area contributed by atoms with Crippen molar-refractivity contribution < 1.29 is 18.0 Å². The van der Waals surface area contributed by atoms with Gasteiger partial charge in [-0.3, -0.25) is 13.9 Å². The molecular formula is C24H32ClN3O4S. The smallest absolute Gasteiger partial charge is 0.242 e. The SMILES string of the molecule is CCCNC(=O)[C@H](C)N(Cc1ccccc1)C(=O)CCCN(c1cccc(Cl)c1)S(C)(=O)=O. The Balaban J connectivity index is 2.12. The third-order valence-electron chi connectivity index (χ3n) is 5.16. The van der Waals surface area contributed by atoms with Crippen molar-refractivity contribution in [2.75, 3.05) is 23.7 Å². The van der Waals surface area contributed by atoms with Gasteiger partial charge in [0.2, 0.25) is 21.8 Å². The van der Waals surface area contributed by atoms with Gasteiger partial charge in [-0.2, -0.15) is 0 Å². The molecule has 9 heteroatoms. The van der Waals surface area contributed by atoms with Crippen molar-refractivity contribution in [3.63, 3.8) is 0 Å². The molecule has 0 fully saturated rings. The summed E-state index contributed by atoms with van der Waals surface area (Å²) in [4.78, 5) is 27.3. The number of anilines is 1. The highest BCUT2D eigenvalue weighted by atomic mass is 35.5. The van der Waals surface area contributed by atoms with Crippen LogP contribution in [-0.2, 0) is 26.2 Å². The second-order valence-corrected chi connectivity index (χ2v) is 10.2. The van der Waals surface area contributed by atoms with Crippen molar-refractivity contribution in [3.05, 3.63) is 65.2 Å². The van der Waals surface area contributed by atoms with Crippen LogP contribution in [0.25, 0.3) is 0 Å². The van der Waals surface area contributed by atoms with Crippen LogP contribution in [0.15, 0.2) is 54.6 Å². The zero-order chi connectivity index (χ0) is 24.4. The van der Waals surface area contributed by atoms with Crippen LogP contribution in [0.1, 0.15) is 38.7 Å².